The van der Waals surface area contributed by atoms with Gasteiger partial charge in [0.15, 0.2) is 6.10 Å². The van der Waals surface area contributed by atoms with E-state index in [1.54, 1.807) is 0 Å². The number of hydrogen-bond donors (Lipinski definition) is 2. The highest BCUT2D eigenvalue weighted by Crippen LogP contribution is 2.20. The van der Waals surface area contributed by atoms with Crippen molar-refractivity contribution in [3.05, 3.63) is 0 Å². The molecule has 3 atom stereocenters. The highest BCUT2D eigenvalue weighted by atomic mass is 16.5. The predicted octanol–water partition coefficient (Wildman–Crippen LogP) is 0.609. The van der Waals surface area contributed by atoms with Gasteiger partial charge in [0.25, 0.3) is 0 Å². The summed E-state index contributed by atoms with van der Waals surface area (Å²) in [4.78, 5) is 25.2. The van der Waals surface area contributed by atoms with Crippen LogP contribution in [-0.4, -0.2) is 59.8 Å². The highest BCUT2D eigenvalue weighted by molar-refractivity contribution is 5.82. The molecule has 2 heterocycles. The third-order valence-corrected chi connectivity index (χ3v) is 3.96. The number of rotatable bonds is 5. The van der Waals surface area contributed by atoms with Crippen molar-refractivity contribution < 1.29 is 19.4 Å². The van der Waals surface area contributed by atoms with E-state index < -0.39 is 18.2 Å². The van der Waals surface area contributed by atoms with E-state index in [0.29, 0.717) is 12.8 Å². The Balaban J connectivity index is 1.72. The normalized spacial score (nSPS) is 29.1. The Morgan fingerprint density at radius 1 is 1.25 bits per heavy atom. The van der Waals surface area contributed by atoms with Crippen LogP contribution in [0.1, 0.15) is 39.0 Å². The van der Waals surface area contributed by atoms with Gasteiger partial charge in [0.05, 0.1) is 0 Å². The fourth-order valence-electron chi connectivity index (χ4n) is 2.92. The molecule has 6 heteroatoms. The van der Waals surface area contributed by atoms with E-state index in [2.05, 4.69) is 10.2 Å². The standard InChI is InChI=1S/C14H24N2O4/c1-10(9-16-7-3-2-4-8-16)15-13(17)11-5-6-12(20-11)14(18)19/h10-12H,2-9H2,1H3,(H,15,17)(H,18,19)/t10?,11-,12+/m0/s1. The van der Waals surface area contributed by atoms with Crippen LogP contribution in [0.4, 0.5) is 0 Å². The summed E-state index contributed by atoms with van der Waals surface area (Å²) in [5.41, 5.74) is 0. The average Bonchev–Trinajstić information content (AvgIpc) is 2.89. The van der Waals surface area contributed by atoms with Crippen molar-refractivity contribution in [2.24, 2.45) is 0 Å². The van der Waals surface area contributed by atoms with Crippen molar-refractivity contribution in [2.75, 3.05) is 19.6 Å². The number of carbonyl (C=O) groups excluding carboxylic acids is 1. The molecule has 0 aromatic rings. The molecule has 2 N–H and O–H groups in total. The molecule has 0 aromatic carbocycles. The first kappa shape index (κ1) is 15.3. The van der Waals surface area contributed by atoms with Crippen LogP contribution in [-0.2, 0) is 14.3 Å². The second-order valence-corrected chi connectivity index (χ2v) is 5.80. The molecule has 6 nitrogen and oxygen atoms in total. The molecule has 0 radical (unpaired) electrons. The zero-order valence-electron chi connectivity index (χ0n) is 12.0. The number of amides is 1. The van der Waals surface area contributed by atoms with Gasteiger partial charge in [0.1, 0.15) is 6.10 Å². The molecule has 0 bridgehead atoms. The summed E-state index contributed by atoms with van der Waals surface area (Å²) in [5, 5.41) is 11.8. The van der Waals surface area contributed by atoms with E-state index in [-0.39, 0.29) is 11.9 Å². The number of carboxylic acids is 1. The van der Waals surface area contributed by atoms with Gasteiger partial charge < -0.3 is 20.1 Å². The van der Waals surface area contributed by atoms with Gasteiger partial charge in [-0.25, -0.2) is 4.79 Å². The summed E-state index contributed by atoms with van der Waals surface area (Å²) in [6, 6.07) is 0.0630. The monoisotopic (exact) mass is 284 g/mol. The largest absolute Gasteiger partial charge is 0.479 e. The zero-order chi connectivity index (χ0) is 14.5. The van der Waals surface area contributed by atoms with Crippen LogP contribution < -0.4 is 5.32 Å². The van der Waals surface area contributed by atoms with Crippen LogP contribution in [0, 0.1) is 0 Å². The van der Waals surface area contributed by atoms with E-state index >= 15 is 0 Å². The molecule has 1 unspecified atom stereocenters. The maximum Gasteiger partial charge on any atom is 0.332 e. The maximum absolute atomic E-state index is 12.0. The van der Waals surface area contributed by atoms with E-state index in [1.165, 1.54) is 19.3 Å². The minimum Gasteiger partial charge on any atom is -0.479 e. The fourth-order valence-corrected chi connectivity index (χ4v) is 2.92. The number of ether oxygens (including phenoxy) is 1. The fraction of sp³-hybridized carbons (Fsp3) is 0.857. The van der Waals surface area contributed by atoms with E-state index in [0.717, 1.165) is 19.6 Å². The number of nitrogens with zero attached hydrogens (tertiary/aromatic N) is 1. The molecule has 0 spiro atoms. The molecule has 2 saturated heterocycles. The molecule has 0 saturated carbocycles. The van der Waals surface area contributed by atoms with Crippen LogP contribution in [0.25, 0.3) is 0 Å². The first-order valence-electron chi connectivity index (χ1n) is 7.47. The average molecular weight is 284 g/mol. The maximum atomic E-state index is 12.0. The van der Waals surface area contributed by atoms with Gasteiger partial charge in [-0.15, -0.1) is 0 Å². The van der Waals surface area contributed by atoms with Crippen molar-refractivity contribution in [1.82, 2.24) is 10.2 Å². The van der Waals surface area contributed by atoms with E-state index in [1.807, 2.05) is 6.92 Å². The van der Waals surface area contributed by atoms with Gasteiger partial charge in [0, 0.05) is 12.6 Å². The second-order valence-electron chi connectivity index (χ2n) is 5.80. The number of carbonyl (C=O) groups is 2. The molecular formula is C14H24N2O4. The molecule has 2 rings (SSSR count). The lowest BCUT2D eigenvalue weighted by Crippen LogP contribution is -2.46. The summed E-state index contributed by atoms with van der Waals surface area (Å²) >= 11 is 0. The number of carboxylic acid groups (broad SMARTS) is 1. The number of nitrogens with one attached hydrogen (secondary N) is 1. The molecule has 20 heavy (non-hydrogen) atoms. The molecular weight excluding hydrogens is 260 g/mol. The second kappa shape index (κ2) is 7.04. The Bertz CT molecular complexity index is 355. The van der Waals surface area contributed by atoms with E-state index in [9.17, 15) is 9.59 Å². The molecule has 0 aliphatic carbocycles. The number of likely N-dealkylation sites (tertiary alicyclic amines) is 1. The summed E-state index contributed by atoms with van der Waals surface area (Å²) < 4.78 is 5.25. The van der Waals surface area contributed by atoms with Crippen LogP contribution in [0.15, 0.2) is 0 Å². The van der Waals surface area contributed by atoms with Crippen molar-refractivity contribution in [1.29, 1.82) is 0 Å². The number of hydrogen-bond acceptors (Lipinski definition) is 4. The molecule has 2 aliphatic heterocycles. The lowest BCUT2D eigenvalue weighted by molar-refractivity contribution is -0.151. The smallest absolute Gasteiger partial charge is 0.332 e. The van der Waals surface area contributed by atoms with Crippen LogP contribution >= 0.6 is 0 Å². The third kappa shape index (κ3) is 4.18. The minimum atomic E-state index is -0.985. The lowest BCUT2D eigenvalue weighted by atomic mass is 10.1. The van der Waals surface area contributed by atoms with Gasteiger partial charge in [-0.2, -0.15) is 0 Å². The Morgan fingerprint density at radius 3 is 2.50 bits per heavy atom. The van der Waals surface area contributed by atoms with Crippen molar-refractivity contribution in [3.63, 3.8) is 0 Å². The number of piperidine rings is 1. The lowest BCUT2D eigenvalue weighted by Gasteiger charge is -2.29. The zero-order valence-corrected chi connectivity index (χ0v) is 12.0. The Hall–Kier alpha value is -1.14. The topological polar surface area (TPSA) is 78.9 Å². The van der Waals surface area contributed by atoms with Gasteiger partial charge >= 0.3 is 5.97 Å². The van der Waals surface area contributed by atoms with Crippen LogP contribution in [0.5, 0.6) is 0 Å². The summed E-state index contributed by atoms with van der Waals surface area (Å²) in [5.74, 6) is -1.17. The Labute approximate surface area is 119 Å². The Morgan fingerprint density at radius 2 is 1.90 bits per heavy atom. The Kier molecular flexibility index (Phi) is 5.37. The third-order valence-electron chi connectivity index (χ3n) is 3.96. The van der Waals surface area contributed by atoms with Crippen molar-refractivity contribution in [2.45, 2.75) is 57.3 Å². The molecule has 1 amide bonds. The van der Waals surface area contributed by atoms with Gasteiger partial charge in [0.2, 0.25) is 5.91 Å². The molecule has 114 valence electrons. The number of aliphatic carboxylic acids is 1. The van der Waals surface area contributed by atoms with Crippen LogP contribution in [0.3, 0.4) is 0 Å². The quantitative estimate of drug-likeness (QED) is 0.773. The van der Waals surface area contributed by atoms with Gasteiger partial charge in [-0.3, -0.25) is 4.79 Å². The summed E-state index contributed by atoms with van der Waals surface area (Å²) in [6.07, 6.45) is 3.21. The summed E-state index contributed by atoms with van der Waals surface area (Å²) in [6.45, 7) is 5.03. The molecule has 0 aromatic heterocycles. The molecule has 2 fully saturated rings. The van der Waals surface area contributed by atoms with Gasteiger partial charge in [-0.05, 0) is 45.7 Å². The van der Waals surface area contributed by atoms with Gasteiger partial charge in [-0.1, -0.05) is 6.42 Å². The molecule has 2 aliphatic rings. The van der Waals surface area contributed by atoms with Crippen molar-refractivity contribution in [3.8, 4) is 0 Å². The van der Waals surface area contributed by atoms with Crippen molar-refractivity contribution >= 4 is 11.9 Å². The van der Waals surface area contributed by atoms with Crippen LogP contribution in [0.2, 0.25) is 0 Å². The predicted molar refractivity (Wildman–Crippen MR) is 73.4 cm³/mol. The minimum absolute atomic E-state index is 0.0630. The van der Waals surface area contributed by atoms with E-state index in [4.69, 9.17) is 9.84 Å². The highest BCUT2D eigenvalue weighted by Gasteiger charge is 2.35. The first-order valence-corrected chi connectivity index (χ1v) is 7.47. The SMILES string of the molecule is CC(CN1CCCCC1)NC(=O)[C@@H]1CC[C@H](C(=O)O)O1. The summed E-state index contributed by atoms with van der Waals surface area (Å²) in [7, 11) is 0. The first-order chi connectivity index (χ1) is 9.56.